The number of sulfonamides is 1. The molecule has 19 heavy (non-hydrogen) atoms. The van der Waals surface area contributed by atoms with Crippen LogP contribution < -0.4 is 5.73 Å². The summed E-state index contributed by atoms with van der Waals surface area (Å²) in [5.41, 5.74) is 5.68. The fraction of sp³-hybridized carbons (Fsp3) is 0.400. The zero-order valence-electron chi connectivity index (χ0n) is 9.91. The van der Waals surface area contributed by atoms with Crippen LogP contribution in [0.4, 0.5) is 18.9 Å². The molecule has 1 aromatic carbocycles. The van der Waals surface area contributed by atoms with E-state index in [0.717, 1.165) is 6.07 Å². The highest BCUT2D eigenvalue weighted by molar-refractivity contribution is 9.10. The maximum absolute atomic E-state index is 12.3. The normalized spacial score (nSPS) is 12.9. The number of nitrogen functional groups attached to an aromatic ring is 1. The van der Waals surface area contributed by atoms with Crippen molar-refractivity contribution in [2.75, 3.05) is 18.8 Å². The molecule has 0 amide bonds. The Hall–Kier alpha value is -0.800. The summed E-state index contributed by atoms with van der Waals surface area (Å²) in [6.45, 7) is -0.467. The smallest absolute Gasteiger partial charge is 0.398 e. The van der Waals surface area contributed by atoms with Crippen molar-refractivity contribution in [3.8, 4) is 0 Å². The van der Waals surface area contributed by atoms with Crippen LogP contribution >= 0.6 is 15.9 Å². The van der Waals surface area contributed by atoms with Crippen LogP contribution in [-0.2, 0) is 10.0 Å². The van der Waals surface area contributed by atoms with E-state index in [0.29, 0.717) is 8.78 Å². The third-order valence-corrected chi connectivity index (χ3v) is 4.95. The van der Waals surface area contributed by atoms with Crippen LogP contribution in [0, 0.1) is 0 Å². The summed E-state index contributed by atoms with van der Waals surface area (Å²) in [5.74, 6) is 0. The number of halogens is 4. The van der Waals surface area contributed by atoms with Crippen LogP contribution in [-0.4, -0.2) is 32.0 Å². The van der Waals surface area contributed by atoms with Crippen LogP contribution in [0.3, 0.4) is 0 Å². The first-order valence-electron chi connectivity index (χ1n) is 5.20. The molecule has 0 saturated carbocycles. The van der Waals surface area contributed by atoms with Gasteiger partial charge in [0.15, 0.2) is 0 Å². The van der Waals surface area contributed by atoms with Gasteiger partial charge in [0.1, 0.15) is 6.54 Å². The molecule has 0 radical (unpaired) electrons. The second-order valence-corrected chi connectivity index (χ2v) is 6.52. The first-order valence-corrected chi connectivity index (χ1v) is 7.43. The molecular weight excluding hydrogens is 349 g/mol. The summed E-state index contributed by atoms with van der Waals surface area (Å²) in [4.78, 5) is -0.265. The fourth-order valence-electron chi connectivity index (χ4n) is 1.40. The van der Waals surface area contributed by atoms with Crippen LogP contribution in [0.2, 0.25) is 0 Å². The number of nitrogens with zero attached hydrogens (tertiary/aromatic N) is 1. The molecule has 0 saturated heterocycles. The molecule has 2 N–H and O–H groups in total. The standard InChI is InChI=1S/C10H12BrF3N2O2S/c1-2-16(6-10(12,13)14)19(17,18)7-3-4-8(11)9(15)5-7/h3-5H,2,6,15H2,1H3. The van der Waals surface area contributed by atoms with Crippen molar-refractivity contribution in [3.05, 3.63) is 22.7 Å². The van der Waals surface area contributed by atoms with Crippen molar-refractivity contribution < 1.29 is 21.6 Å². The van der Waals surface area contributed by atoms with E-state index in [2.05, 4.69) is 15.9 Å². The van der Waals surface area contributed by atoms with Crippen LogP contribution in [0.25, 0.3) is 0 Å². The lowest BCUT2D eigenvalue weighted by Gasteiger charge is -2.22. The first kappa shape index (κ1) is 16.3. The van der Waals surface area contributed by atoms with Gasteiger partial charge >= 0.3 is 6.18 Å². The Morgan fingerprint density at radius 2 is 1.95 bits per heavy atom. The van der Waals surface area contributed by atoms with Crippen LogP contribution in [0.5, 0.6) is 0 Å². The van der Waals surface area contributed by atoms with Gasteiger partial charge in [-0.3, -0.25) is 0 Å². The summed E-state index contributed by atoms with van der Waals surface area (Å²) in [6, 6.07) is 3.71. The van der Waals surface area contributed by atoms with Crippen molar-refractivity contribution in [2.24, 2.45) is 0 Å². The van der Waals surface area contributed by atoms with E-state index in [9.17, 15) is 21.6 Å². The van der Waals surface area contributed by atoms with Gasteiger partial charge in [0, 0.05) is 16.7 Å². The maximum Gasteiger partial charge on any atom is 0.402 e. The van der Waals surface area contributed by atoms with Crippen molar-refractivity contribution in [1.82, 2.24) is 4.31 Å². The number of alkyl halides is 3. The second kappa shape index (κ2) is 5.68. The van der Waals surface area contributed by atoms with E-state index < -0.39 is 22.7 Å². The third-order valence-electron chi connectivity index (χ3n) is 2.31. The zero-order chi connectivity index (χ0) is 14.8. The van der Waals surface area contributed by atoms with E-state index in [1.54, 1.807) is 0 Å². The number of nitrogens with two attached hydrogens (primary N) is 1. The van der Waals surface area contributed by atoms with Gasteiger partial charge in [-0.1, -0.05) is 6.92 Å². The minimum atomic E-state index is -4.59. The number of hydrogen-bond acceptors (Lipinski definition) is 3. The number of benzene rings is 1. The SMILES string of the molecule is CCN(CC(F)(F)F)S(=O)(=O)c1ccc(Br)c(N)c1. The Bertz CT molecular complexity index is 560. The van der Waals surface area contributed by atoms with Crippen LogP contribution in [0.15, 0.2) is 27.6 Å². The average Bonchev–Trinajstić information content (AvgIpc) is 2.28. The van der Waals surface area contributed by atoms with E-state index in [1.807, 2.05) is 0 Å². The predicted molar refractivity (Wildman–Crippen MR) is 69.0 cm³/mol. The molecule has 0 aliphatic heterocycles. The first-order chi connectivity index (χ1) is 8.58. The molecule has 108 valence electrons. The largest absolute Gasteiger partial charge is 0.402 e. The Kier molecular flexibility index (Phi) is 4.86. The summed E-state index contributed by atoms with van der Waals surface area (Å²) in [7, 11) is -4.21. The van der Waals surface area contributed by atoms with Crippen molar-refractivity contribution in [1.29, 1.82) is 0 Å². The second-order valence-electron chi connectivity index (χ2n) is 3.73. The van der Waals surface area contributed by atoms with Gasteiger partial charge in [-0.15, -0.1) is 0 Å². The predicted octanol–water partition coefficient (Wildman–Crippen LogP) is 2.60. The van der Waals surface area contributed by atoms with Crippen molar-refractivity contribution >= 4 is 31.6 Å². The summed E-state index contributed by atoms with van der Waals surface area (Å²) in [6.07, 6.45) is -4.59. The number of rotatable bonds is 4. The molecule has 0 aliphatic carbocycles. The van der Waals surface area contributed by atoms with Gasteiger partial charge in [-0.2, -0.15) is 17.5 Å². The molecule has 4 nitrogen and oxygen atoms in total. The van der Waals surface area contributed by atoms with Gasteiger partial charge in [-0.25, -0.2) is 8.42 Å². The minimum absolute atomic E-state index is 0.143. The number of hydrogen-bond donors (Lipinski definition) is 1. The zero-order valence-corrected chi connectivity index (χ0v) is 12.3. The average molecular weight is 361 g/mol. The topological polar surface area (TPSA) is 63.4 Å². The highest BCUT2D eigenvalue weighted by Gasteiger charge is 2.36. The molecule has 0 aliphatic rings. The third kappa shape index (κ3) is 4.08. The van der Waals surface area contributed by atoms with Crippen molar-refractivity contribution in [2.45, 2.75) is 18.0 Å². The lowest BCUT2D eigenvalue weighted by Crippen LogP contribution is -2.38. The molecule has 0 aromatic heterocycles. The molecule has 0 unspecified atom stereocenters. The summed E-state index contributed by atoms with van der Waals surface area (Å²) < 4.78 is 62.0. The Balaban J connectivity index is 3.17. The van der Waals surface area contributed by atoms with Gasteiger partial charge in [0.25, 0.3) is 0 Å². The van der Waals surface area contributed by atoms with Crippen molar-refractivity contribution in [3.63, 3.8) is 0 Å². The van der Waals surface area contributed by atoms with E-state index in [1.165, 1.54) is 19.1 Å². The van der Waals surface area contributed by atoms with E-state index >= 15 is 0 Å². The quantitative estimate of drug-likeness (QED) is 0.839. The van der Waals surface area contributed by atoms with Gasteiger partial charge in [-0.05, 0) is 34.1 Å². The maximum atomic E-state index is 12.3. The molecule has 9 heteroatoms. The van der Waals surface area contributed by atoms with Gasteiger partial charge in [0.2, 0.25) is 10.0 Å². The number of anilines is 1. The molecular formula is C10H12BrF3N2O2S. The monoisotopic (exact) mass is 360 g/mol. The Morgan fingerprint density at radius 3 is 2.37 bits per heavy atom. The molecule has 0 heterocycles. The molecule has 1 aromatic rings. The van der Waals surface area contributed by atoms with E-state index in [-0.39, 0.29) is 17.1 Å². The summed E-state index contributed by atoms with van der Waals surface area (Å²) >= 11 is 3.09. The highest BCUT2D eigenvalue weighted by atomic mass is 79.9. The molecule has 0 bridgehead atoms. The summed E-state index contributed by atoms with van der Waals surface area (Å²) in [5, 5.41) is 0. The molecule has 0 spiro atoms. The Morgan fingerprint density at radius 1 is 1.37 bits per heavy atom. The molecule has 0 atom stereocenters. The fourth-order valence-corrected chi connectivity index (χ4v) is 3.12. The van der Waals surface area contributed by atoms with Crippen LogP contribution in [0.1, 0.15) is 6.92 Å². The van der Waals surface area contributed by atoms with Gasteiger partial charge in [0.05, 0.1) is 4.90 Å². The highest BCUT2D eigenvalue weighted by Crippen LogP contribution is 2.26. The molecule has 1 rings (SSSR count). The Labute approximate surface area is 117 Å². The minimum Gasteiger partial charge on any atom is -0.398 e. The lowest BCUT2D eigenvalue weighted by molar-refractivity contribution is -0.135. The lowest BCUT2D eigenvalue weighted by atomic mass is 10.3. The molecule has 0 fully saturated rings. The van der Waals surface area contributed by atoms with Gasteiger partial charge < -0.3 is 5.73 Å². The van der Waals surface area contributed by atoms with E-state index in [4.69, 9.17) is 5.73 Å².